The van der Waals surface area contributed by atoms with Gasteiger partial charge >= 0.3 is 5.97 Å². The van der Waals surface area contributed by atoms with Gasteiger partial charge in [-0.3, -0.25) is 0 Å². The van der Waals surface area contributed by atoms with Crippen molar-refractivity contribution in [1.29, 1.82) is 0 Å². The lowest BCUT2D eigenvalue weighted by molar-refractivity contribution is -0.159. The number of ether oxygens (including phenoxy) is 2. The van der Waals surface area contributed by atoms with Crippen LogP contribution in [0.1, 0.15) is 32.3 Å². The molecule has 4 aromatic rings. The van der Waals surface area contributed by atoms with Crippen molar-refractivity contribution in [3.63, 3.8) is 0 Å². The average molecular weight is 458 g/mol. The molecule has 0 atom stereocenters. The Morgan fingerprint density at radius 1 is 0.818 bits per heavy atom. The largest absolute Gasteiger partial charge is 0.481 e. The minimum Gasteiger partial charge on any atom is -0.481 e. The number of hydrogen-bond acceptors (Lipinski definition) is 3. The second-order valence-corrected chi connectivity index (χ2v) is 11.3. The average Bonchev–Trinajstić information content (AvgIpc) is 3.36. The maximum absolute atomic E-state index is 12.8. The lowest BCUT2D eigenvalue weighted by Crippen LogP contribution is -2.28. The molecular formula is C29H29O3S+. The van der Waals surface area contributed by atoms with Gasteiger partial charge in [0.1, 0.15) is 22.9 Å². The molecule has 1 heterocycles. The summed E-state index contributed by atoms with van der Waals surface area (Å²) in [5, 5.41) is 4.53. The molecule has 0 bridgehead atoms. The molecule has 0 N–H and O–H groups in total. The first-order valence-electron chi connectivity index (χ1n) is 11.5. The molecule has 4 heteroatoms. The second-order valence-electron chi connectivity index (χ2n) is 9.02. The standard InChI is InChI=1S/C29H29O3S/c1-29(2,25-15-9-11-21-10-3-4-12-22(21)25)32-28(30)20-31-26-16-17-27(33-18-7-8-19-33)24-14-6-5-13-23(24)26/h3-6,9-17H,7-8,18-20H2,1-2H3/q+1. The van der Waals surface area contributed by atoms with Gasteiger partial charge in [0.05, 0.1) is 0 Å². The van der Waals surface area contributed by atoms with Crippen LogP contribution in [-0.4, -0.2) is 24.1 Å². The molecular weight excluding hydrogens is 428 g/mol. The van der Waals surface area contributed by atoms with Crippen molar-refractivity contribution in [3.8, 4) is 5.75 Å². The highest BCUT2D eigenvalue weighted by atomic mass is 32.2. The van der Waals surface area contributed by atoms with Crippen LogP contribution in [0.5, 0.6) is 5.75 Å². The maximum atomic E-state index is 12.8. The van der Waals surface area contributed by atoms with Crippen LogP contribution < -0.4 is 4.74 Å². The monoisotopic (exact) mass is 457 g/mol. The highest BCUT2D eigenvalue weighted by Gasteiger charge is 2.30. The van der Waals surface area contributed by atoms with Crippen LogP contribution >= 0.6 is 0 Å². The summed E-state index contributed by atoms with van der Waals surface area (Å²) in [6, 6.07) is 26.8. The zero-order valence-corrected chi connectivity index (χ0v) is 20.0. The van der Waals surface area contributed by atoms with E-state index in [-0.39, 0.29) is 12.6 Å². The second kappa shape index (κ2) is 9.11. The highest BCUT2D eigenvalue weighted by Crippen LogP contribution is 2.35. The van der Waals surface area contributed by atoms with E-state index in [1.54, 1.807) is 0 Å². The Morgan fingerprint density at radius 2 is 1.48 bits per heavy atom. The summed E-state index contributed by atoms with van der Waals surface area (Å²) in [6.07, 6.45) is 2.63. The van der Waals surface area contributed by atoms with Gasteiger partial charge in [-0.05, 0) is 55.7 Å². The van der Waals surface area contributed by atoms with Gasteiger partial charge in [-0.25, -0.2) is 4.79 Å². The van der Waals surface area contributed by atoms with Gasteiger partial charge in [0.25, 0.3) is 0 Å². The molecule has 0 aliphatic carbocycles. The fourth-order valence-electron chi connectivity index (χ4n) is 4.75. The predicted molar refractivity (Wildman–Crippen MR) is 137 cm³/mol. The van der Waals surface area contributed by atoms with Gasteiger partial charge in [0.2, 0.25) is 0 Å². The minimum absolute atomic E-state index is 0.122. The van der Waals surface area contributed by atoms with Crippen molar-refractivity contribution < 1.29 is 14.3 Å². The maximum Gasteiger partial charge on any atom is 0.345 e. The molecule has 1 aliphatic heterocycles. The van der Waals surface area contributed by atoms with Crippen molar-refractivity contribution in [3.05, 3.63) is 84.4 Å². The molecule has 1 fully saturated rings. The van der Waals surface area contributed by atoms with Crippen LogP contribution in [0.25, 0.3) is 21.5 Å². The molecule has 33 heavy (non-hydrogen) atoms. The Hall–Kier alpha value is -2.98. The zero-order chi connectivity index (χ0) is 22.8. The number of hydrogen-bond donors (Lipinski definition) is 0. The van der Waals surface area contributed by atoms with E-state index >= 15 is 0 Å². The summed E-state index contributed by atoms with van der Waals surface area (Å²) >= 11 is 0. The smallest absolute Gasteiger partial charge is 0.345 e. The summed E-state index contributed by atoms with van der Waals surface area (Å²) in [5.74, 6) is 2.91. The minimum atomic E-state index is -0.767. The van der Waals surface area contributed by atoms with Crippen molar-refractivity contribution >= 4 is 38.4 Å². The summed E-state index contributed by atoms with van der Waals surface area (Å²) < 4.78 is 11.9. The number of fused-ring (bicyclic) bond motifs is 2. The van der Waals surface area contributed by atoms with Crippen molar-refractivity contribution in [2.45, 2.75) is 37.2 Å². The molecule has 168 valence electrons. The molecule has 3 nitrogen and oxygen atoms in total. The number of esters is 1. The van der Waals surface area contributed by atoms with E-state index in [0.717, 1.165) is 27.5 Å². The molecule has 0 radical (unpaired) electrons. The first-order chi connectivity index (χ1) is 16.0. The Morgan fingerprint density at radius 3 is 2.27 bits per heavy atom. The summed E-state index contributed by atoms with van der Waals surface area (Å²) in [6.45, 7) is 3.74. The number of rotatable bonds is 6. The van der Waals surface area contributed by atoms with Crippen LogP contribution in [0.3, 0.4) is 0 Å². The SMILES string of the molecule is CC(C)(OC(=O)COc1ccc([S+]2CCCC2)c2ccccc12)c1cccc2ccccc12. The first-order valence-corrected chi connectivity index (χ1v) is 13.1. The van der Waals surface area contributed by atoms with E-state index in [4.69, 9.17) is 9.47 Å². The summed E-state index contributed by atoms with van der Waals surface area (Å²) in [5.41, 5.74) is 0.220. The fourth-order valence-corrected chi connectivity index (χ4v) is 7.25. The van der Waals surface area contributed by atoms with Gasteiger partial charge in [-0.15, -0.1) is 0 Å². The number of benzene rings is 4. The van der Waals surface area contributed by atoms with E-state index in [2.05, 4.69) is 42.5 Å². The van der Waals surface area contributed by atoms with Crippen molar-refractivity contribution in [1.82, 2.24) is 0 Å². The van der Waals surface area contributed by atoms with Crippen molar-refractivity contribution in [2.24, 2.45) is 0 Å². The van der Waals surface area contributed by atoms with Gasteiger partial charge in [-0.2, -0.15) is 0 Å². The van der Waals surface area contributed by atoms with E-state index < -0.39 is 5.60 Å². The van der Waals surface area contributed by atoms with E-state index in [0.29, 0.717) is 10.9 Å². The summed E-state index contributed by atoms with van der Waals surface area (Å²) in [4.78, 5) is 14.2. The van der Waals surface area contributed by atoms with Crippen LogP contribution in [0.15, 0.2) is 83.8 Å². The molecule has 0 unspecified atom stereocenters. The topological polar surface area (TPSA) is 35.5 Å². The van der Waals surface area contributed by atoms with E-state index in [1.807, 2.05) is 50.2 Å². The Bertz CT molecular complexity index is 1300. The molecule has 0 spiro atoms. The number of carbonyl (C=O) groups excluding carboxylic acids is 1. The molecule has 5 rings (SSSR count). The first kappa shape index (κ1) is 21.8. The third-order valence-electron chi connectivity index (χ3n) is 6.34. The fraction of sp³-hybridized carbons (Fsp3) is 0.276. The lowest BCUT2D eigenvalue weighted by atomic mass is 9.92. The number of carbonyl (C=O) groups is 1. The summed E-state index contributed by atoms with van der Waals surface area (Å²) in [7, 11) is 0.320. The van der Waals surface area contributed by atoms with Crippen LogP contribution in [0.2, 0.25) is 0 Å². The normalized spacial score (nSPS) is 14.6. The highest BCUT2D eigenvalue weighted by molar-refractivity contribution is 7.97. The van der Waals surface area contributed by atoms with E-state index in [1.165, 1.54) is 34.6 Å². The predicted octanol–water partition coefficient (Wildman–Crippen LogP) is 6.62. The van der Waals surface area contributed by atoms with Gasteiger partial charge in [0.15, 0.2) is 11.5 Å². The Kier molecular flexibility index (Phi) is 6.03. The quantitative estimate of drug-likeness (QED) is 0.241. The lowest BCUT2D eigenvalue weighted by Gasteiger charge is -2.27. The Balaban J connectivity index is 1.33. The molecule has 4 aromatic carbocycles. The molecule has 0 saturated carbocycles. The van der Waals surface area contributed by atoms with E-state index in [9.17, 15) is 4.79 Å². The van der Waals surface area contributed by atoms with Crippen LogP contribution in [-0.2, 0) is 26.0 Å². The molecule has 0 aromatic heterocycles. The van der Waals surface area contributed by atoms with Gasteiger partial charge < -0.3 is 9.47 Å². The van der Waals surface area contributed by atoms with Crippen LogP contribution in [0.4, 0.5) is 0 Å². The molecule has 0 amide bonds. The Labute approximate surface area is 198 Å². The molecule has 1 aliphatic rings. The zero-order valence-electron chi connectivity index (χ0n) is 19.2. The third-order valence-corrected chi connectivity index (χ3v) is 8.88. The van der Waals surface area contributed by atoms with Crippen molar-refractivity contribution in [2.75, 3.05) is 18.1 Å². The third kappa shape index (κ3) is 4.45. The van der Waals surface area contributed by atoms with Gasteiger partial charge in [-0.1, -0.05) is 60.7 Å². The molecule has 1 saturated heterocycles. The van der Waals surface area contributed by atoms with Crippen LogP contribution in [0, 0.1) is 0 Å². The van der Waals surface area contributed by atoms with Gasteiger partial charge in [0, 0.05) is 27.2 Å².